The fourth-order valence-electron chi connectivity index (χ4n) is 3.30. The molecule has 1 unspecified atom stereocenters. The molecule has 1 heterocycles. The van der Waals surface area contributed by atoms with Gasteiger partial charge in [0.25, 0.3) is 0 Å². The van der Waals surface area contributed by atoms with Crippen LogP contribution in [0.25, 0.3) is 0 Å². The summed E-state index contributed by atoms with van der Waals surface area (Å²) >= 11 is 0. The molecule has 106 valence electrons. The van der Waals surface area contributed by atoms with Gasteiger partial charge < -0.3 is 5.32 Å². The Labute approximate surface area is 114 Å². The molecule has 1 saturated heterocycles. The van der Waals surface area contributed by atoms with Gasteiger partial charge in [0.2, 0.25) is 0 Å². The van der Waals surface area contributed by atoms with Crippen molar-refractivity contribution < 1.29 is 0 Å². The van der Waals surface area contributed by atoms with E-state index in [1.807, 2.05) is 0 Å². The van der Waals surface area contributed by atoms with Crippen molar-refractivity contribution in [3.8, 4) is 0 Å². The SMILES string of the molecule is CNC1(C)CCN(C(CCC(C)C)C2CC2)CC1. The van der Waals surface area contributed by atoms with E-state index >= 15 is 0 Å². The molecule has 1 aliphatic heterocycles. The molecule has 0 bridgehead atoms. The molecule has 18 heavy (non-hydrogen) atoms. The van der Waals surface area contributed by atoms with Crippen molar-refractivity contribution in [2.24, 2.45) is 11.8 Å². The van der Waals surface area contributed by atoms with Crippen LogP contribution in [0.3, 0.4) is 0 Å². The summed E-state index contributed by atoms with van der Waals surface area (Å²) in [6.45, 7) is 9.70. The number of nitrogens with one attached hydrogen (secondary N) is 1. The standard InChI is InChI=1S/C16H32N2/c1-13(2)5-8-15(14-6-7-14)18-11-9-16(3,17-4)10-12-18/h13-15,17H,5-12H2,1-4H3. The highest BCUT2D eigenvalue weighted by Gasteiger charge is 2.38. The van der Waals surface area contributed by atoms with Gasteiger partial charge >= 0.3 is 0 Å². The molecule has 1 saturated carbocycles. The molecule has 0 aromatic rings. The molecule has 0 spiro atoms. The maximum Gasteiger partial charge on any atom is 0.0174 e. The van der Waals surface area contributed by atoms with E-state index in [1.54, 1.807) is 0 Å². The third-order valence-electron chi connectivity index (χ3n) is 5.18. The lowest BCUT2D eigenvalue weighted by Gasteiger charge is -2.43. The first-order valence-electron chi connectivity index (χ1n) is 7.97. The Morgan fingerprint density at radius 2 is 1.78 bits per heavy atom. The van der Waals surface area contributed by atoms with Crippen LogP contribution in [0.1, 0.15) is 59.3 Å². The predicted molar refractivity (Wildman–Crippen MR) is 78.9 cm³/mol. The second kappa shape index (κ2) is 5.92. The van der Waals surface area contributed by atoms with E-state index in [2.05, 4.69) is 38.0 Å². The Morgan fingerprint density at radius 3 is 2.22 bits per heavy atom. The highest BCUT2D eigenvalue weighted by molar-refractivity contribution is 4.94. The first-order chi connectivity index (χ1) is 8.54. The zero-order valence-corrected chi connectivity index (χ0v) is 12.8. The zero-order valence-electron chi connectivity index (χ0n) is 12.8. The van der Waals surface area contributed by atoms with Gasteiger partial charge in [-0.1, -0.05) is 13.8 Å². The third kappa shape index (κ3) is 3.71. The highest BCUT2D eigenvalue weighted by atomic mass is 15.2. The fourth-order valence-corrected chi connectivity index (χ4v) is 3.30. The lowest BCUT2D eigenvalue weighted by Crippen LogP contribution is -2.52. The maximum absolute atomic E-state index is 3.51. The predicted octanol–water partition coefficient (Wildman–Crippen LogP) is 3.28. The van der Waals surface area contributed by atoms with Crippen LogP contribution >= 0.6 is 0 Å². The monoisotopic (exact) mass is 252 g/mol. The van der Waals surface area contributed by atoms with E-state index in [-0.39, 0.29) is 0 Å². The van der Waals surface area contributed by atoms with Crippen molar-refractivity contribution in [1.29, 1.82) is 0 Å². The van der Waals surface area contributed by atoms with Gasteiger partial charge in [-0.05, 0) is 64.3 Å². The van der Waals surface area contributed by atoms with Gasteiger partial charge in [0.15, 0.2) is 0 Å². The van der Waals surface area contributed by atoms with Crippen molar-refractivity contribution in [3.05, 3.63) is 0 Å². The second-order valence-electron chi connectivity index (χ2n) is 7.22. The molecular weight excluding hydrogens is 220 g/mol. The summed E-state index contributed by atoms with van der Waals surface area (Å²) in [5.41, 5.74) is 0.392. The summed E-state index contributed by atoms with van der Waals surface area (Å²) < 4.78 is 0. The molecule has 0 aromatic carbocycles. The van der Waals surface area contributed by atoms with Gasteiger partial charge in [-0.2, -0.15) is 0 Å². The average Bonchev–Trinajstić information content (AvgIpc) is 3.16. The topological polar surface area (TPSA) is 15.3 Å². The van der Waals surface area contributed by atoms with E-state index in [0.29, 0.717) is 5.54 Å². The smallest absolute Gasteiger partial charge is 0.0174 e. The number of nitrogens with zero attached hydrogens (tertiary/aromatic N) is 1. The minimum absolute atomic E-state index is 0.392. The maximum atomic E-state index is 3.51. The fraction of sp³-hybridized carbons (Fsp3) is 1.00. The van der Waals surface area contributed by atoms with Crippen molar-refractivity contribution in [1.82, 2.24) is 10.2 Å². The molecule has 2 fully saturated rings. The molecule has 2 aliphatic rings. The van der Waals surface area contributed by atoms with Crippen LogP contribution in [-0.2, 0) is 0 Å². The summed E-state index contributed by atoms with van der Waals surface area (Å²) in [4.78, 5) is 2.80. The van der Waals surface area contributed by atoms with E-state index in [9.17, 15) is 0 Å². The van der Waals surface area contributed by atoms with Crippen LogP contribution in [0.5, 0.6) is 0 Å². The number of likely N-dealkylation sites (tertiary alicyclic amines) is 1. The molecular formula is C16H32N2. The zero-order chi connectivity index (χ0) is 13.2. The van der Waals surface area contributed by atoms with E-state index in [1.165, 1.54) is 51.6 Å². The van der Waals surface area contributed by atoms with Gasteiger partial charge in [0.05, 0.1) is 0 Å². The lowest BCUT2D eigenvalue weighted by atomic mass is 9.88. The number of rotatable bonds is 6. The highest BCUT2D eigenvalue weighted by Crippen LogP contribution is 2.39. The molecule has 1 atom stereocenters. The van der Waals surface area contributed by atoms with Crippen LogP contribution < -0.4 is 5.32 Å². The molecule has 2 nitrogen and oxygen atoms in total. The van der Waals surface area contributed by atoms with E-state index in [4.69, 9.17) is 0 Å². The van der Waals surface area contributed by atoms with Crippen molar-refractivity contribution >= 4 is 0 Å². The van der Waals surface area contributed by atoms with Crippen LogP contribution in [0.4, 0.5) is 0 Å². The van der Waals surface area contributed by atoms with E-state index < -0.39 is 0 Å². The Morgan fingerprint density at radius 1 is 1.17 bits per heavy atom. The van der Waals surface area contributed by atoms with Crippen LogP contribution in [0.15, 0.2) is 0 Å². The summed E-state index contributed by atoms with van der Waals surface area (Å²) in [6, 6.07) is 0.897. The largest absolute Gasteiger partial charge is 0.314 e. The van der Waals surface area contributed by atoms with Crippen LogP contribution in [-0.4, -0.2) is 36.6 Å². The molecule has 2 heteroatoms. The van der Waals surface area contributed by atoms with Gasteiger partial charge in [-0.15, -0.1) is 0 Å². The number of hydrogen-bond acceptors (Lipinski definition) is 2. The molecule has 0 radical (unpaired) electrons. The lowest BCUT2D eigenvalue weighted by molar-refractivity contribution is 0.0912. The summed E-state index contributed by atoms with van der Waals surface area (Å²) in [5, 5.41) is 3.51. The Bertz CT molecular complexity index is 250. The minimum atomic E-state index is 0.392. The average molecular weight is 252 g/mol. The van der Waals surface area contributed by atoms with Gasteiger partial charge in [0, 0.05) is 24.7 Å². The van der Waals surface area contributed by atoms with Crippen molar-refractivity contribution in [3.63, 3.8) is 0 Å². The van der Waals surface area contributed by atoms with E-state index in [0.717, 1.165) is 17.9 Å². The molecule has 1 aliphatic carbocycles. The summed E-state index contributed by atoms with van der Waals surface area (Å²) in [7, 11) is 2.12. The summed E-state index contributed by atoms with van der Waals surface area (Å²) in [5.74, 6) is 1.89. The molecule has 2 rings (SSSR count). The van der Waals surface area contributed by atoms with Gasteiger partial charge in [0.1, 0.15) is 0 Å². The van der Waals surface area contributed by atoms with Crippen LogP contribution in [0, 0.1) is 11.8 Å². The number of hydrogen-bond donors (Lipinski definition) is 1. The van der Waals surface area contributed by atoms with Crippen molar-refractivity contribution in [2.75, 3.05) is 20.1 Å². The Balaban J connectivity index is 1.84. The second-order valence-corrected chi connectivity index (χ2v) is 7.22. The van der Waals surface area contributed by atoms with Crippen molar-refractivity contribution in [2.45, 2.75) is 70.9 Å². The summed E-state index contributed by atoms with van der Waals surface area (Å²) in [6.07, 6.45) is 8.44. The van der Waals surface area contributed by atoms with Gasteiger partial charge in [-0.3, -0.25) is 4.90 Å². The van der Waals surface area contributed by atoms with Crippen LogP contribution in [0.2, 0.25) is 0 Å². The number of piperidine rings is 1. The molecule has 0 aromatic heterocycles. The van der Waals surface area contributed by atoms with Gasteiger partial charge in [-0.25, -0.2) is 0 Å². The Kier molecular flexibility index (Phi) is 4.71. The first-order valence-corrected chi connectivity index (χ1v) is 7.97. The minimum Gasteiger partial charge on any atom is -0.314 e. The molecule has 1 N–H and O–H groups in total. The normalized spacial score (nSPS) is 26.5. The quantitative estimate of drug-likeness (QED) is 0.780. The Hall–Kier alpha value is -0.0800. The molecule has 0 amide bonds. The first kappa shape index (κ1) is 14.3. The third-order valence-corrected chi connectivity index (χ3v) is 5.18.